The summed E-state index contributed by atoms with van der Waals surface area (Å²) >= 11 is 1.47. The average Bonchev–Trinajstić information content (AvgIpc) is 3.00. The van der Waals surface area contributed by atoms with Crippen LogP contribution in [0.4, 0.5) is 5.13 Å². The third kappa shape index (κ3) is 4.60. The maximum Gasteiger partial charge on any atom is 0.226 e. The third-order valence-electron chi connectivity index (χ3n) is 2.65. The van der Waals surface area contributed by atoms with Crippen molar-refractivity contribution in [3.63, 3.8) is 0 Å². The predicted octanol–water partition coefficient (Wildman–Crippen LogP) is 1.86. The Morgan fingerprint density at radius 3 is 2.89 bits per heavy atom. The van der Waals surface area contributed by atoms with Crippen LogP contribution >= 0.6 is 11.3 Å². The summed E-state index contributed by atoms with van der Waals surface area (Å²) in [6.07, 6.45) is 4.29. The van der Waals surface area contributed by atoms with Gasteiger partial charge in [-0.15, -0.1) is 11.3 Å². The van der Waals surface area contributed by atoms with Gasteiger partial charge in [0.1, 0.15) is 0 Å². The standard InChI is InChI=1S/C12H18N4O2S/c1-17-7-3-5-10-15-11(18-16-10)6-2-4-9-8-19-12(13)14-9/h8H,2-7H2,1H3,(H2,13,14). The molecule has 7 heteroatoms. The zero-order chi connectivity index (χ0) is 13.5. The van der Waals surface area contributed by atoms with Crippen molar-refractivity contribution in [2.75, 3.05) is 19.5 Å². The highest BCUT2D eigenvalue weighted by atomic mass is 32.1. The van der Waals surface area contributed by atoms with Crippen molar-refractivity contribution in [2.45, 2.75) is 32.1 Å². The second kappa shape index (κ2) is 7.20. The molecule has 0 unspecified atom stereocenters. The maximum atomic E-state index is 5.58. The van der Waals surface area contributed by atoms with E-state index in [1.807, 2.05) is 5.38 Å². The SMILES string of the molecule is COCCCc1noc(CCCc2csc(N)n2)n1. The van der Waals surface area contributed by atoms with Crippen LogP contribution in [-0.4, -0.2) is 28.8 Å². The van der Waals surface area contributed by atoms with Crippen LogP contribution in [-0.2, 0) is 24.0 Å². The monoisotopic (exact) mass is 282 g/mol. The van der Waals surface area contributed by atoms with Gasteiger partial charge in [0.15, 0.2) is 11.0 Å². The molecule has 2 heterocycles. The molecule has 0 saturated carbocycles. The molecule has 0 fully saturated rings. The van der Waals surface area contributed by atoms with Crippen molar-refractivity contribution in [2.24, 2.45) is 0 Å². The van der Waals surface area contributed by atoms with Gasteiger partial charge in [0, 0.05) is 31.9 Å². The van der Waals surface area contributed by atoms with Crippen LogP contribution in [0.15, 0.2) is 9.90 Å². The summed E-state index contributed by atoms with van der Waals surface area (Å²) in [5.41, 5.74) is 6.61. The van der Waals surface area contributed by atoms with Crippen molar-refractivity contribution in [1.82, 2.24) is 15.1 Å². The molecule has 0 spiro atoms. The molecule has 0 atom stereocenters. The Kier molecular flexibility index (Phi) is 5.29. The van der Waals surface area contributed by atoms with E-state index in [1.165, 1.54) is 11.3 Å². The second-order valence-electron chi connectivity index (χ2n) is 4.23. The van der Waals surface area contributed by atoms with E-state index in [4.69, 9.17) is 15.0 Å². The van der Waals surface area contributed by atoms with E-state index in [1.54, 1.807) is 7.11 Å². The van der Waals surface area contributed by atoms with E-state index < -0.39 is 0 Å². The molecule has 2 aromatic heterocycles. The average molecular weight is 282 g/mol. The topological polar surface area (TPSA) is 87.1 Å². The fourth-order valence-corrected chi connectivity index (χ4v) is 2.32. The van der Waals surface area contributed by atoms with Gasteiger partial charge in [-0.1, -0.05) is 5.16 Å². The van der Waals surface area contributed by atoms with Gasteiger partial charge in [0.25, 0.3) is 0 Å². The minimum absolute atomic E-state index is 0.619. The molecule has 2 aromatic rings. The molecule has 0 bridgehead atoms. The lowest BCUT2D eigenvalue weighted by molar-refractivity contribution is 0.194. The first-order chi connectivity index (χ1) is 9.28. The molecule has 19 heavy (non-hydrogen) atoms. The van der Waals surface area contributed by atoms with Gasteiger partial charge in [-0.3, -0.25) is 0 Å². The van der Waals surface area contributed by atoms with Crippen molar-refractivity contribution in [3.8, 4) is 0 Å². The predicted molar refractivity (Wildman–Crippen MR) is 73.0 cm³/mol. The summed E-state index contributed by atoms with van der Waals surface area (Å²) in [6.45, 7) is 0.717. The number of aryl methyl sites for hydroxylation is 3. The highest BCUT2D eigenvalue weighted by molar-refractivity contribution is 7.13. The Bertz CT molecular complexity index is 497. The van der Waals surface area contributed by atoms with Gasteiger partial charge in [-0.25, -0.2) is 4.98 Å². The van der Waals surface area contributed by atoms with Gasteiger partial charge in [-0.2, -0.15) is 4.98 Å². The Labute approximate surface area is 116 Å². The van der Waals surface area contributed by atoms with E-state index in [9.17, 15) is 0 Å². The highest BCUT2D eigenvalue weighted by Crippen LogP contribution is 2.13. The largest absolute Gasteiger partial charge is 0.385 e. The summed E-state index contributed by atoms with van der Waals surface area (Å²) in [5.74, 6) is 1.44. The number of hydrogen-bond acceptors (Lipinski definition) is 7. The highest BCUT2D eigenvalue weighted by Gasteiger charge is 2.06. The number of rotatable bonds is 8. The molecule has 2 rings (SSSR count). The summed E-state index contributed by atoms with van der Waals surface area (Å²) in [5, 5.41) is 6.55. The van der Waals surface area contributed by atoms with Crippen LogP contribution < -0.4 is 5.73 Å². The molecule has 0 aliphatic heterocycles. The molecule has 0 saturated heterocycles. The lowest BCUT2D eigenvalue weighted by Crippen LogP contribution is -1.95. The zero-order valence-corrected chi connectivity index (χ0v) is 11.8. The molecule has 104 valence electrons. The number of nitrogens with two attached hydrogens (primary N) is 1. The third-order valence-corrected chi connectivity index (χ3v) is 3.37. The number of nitrogens with zero attached hydrogens (tertiary/aromatic N) is 3. The number of anilines is 1. The molecule has 0 aliphatic carbocycles. The van der Waals surface area contributed by atoms with E-state index in [-0.39, 0.29) is 0 Å². The van der Waals surface area contributed by atoms with E-state index in [0.717, 1.165) is 50.2 Å². The van der Waals surface area contributed by atoms with E-state index in [2.05, 4.69) is 15.1 Å². The van der Waals surface area contributed by atoms with Gasteiger partial charge in [0.2, 0.25) is 5.89 Å². The van der Waals surface area contributed by atoms with Gasteiger partial charge < -0.3 is 15.0 Å². The zero-order valence-electron chi connectivity index (χ0n) is 11.0. The van der Waals surface area contributed by atoms with Crippen molar-refractivity contribution >= 4 is 16.5 Å². The minimum Gasteiger partial charge on any atom is -0.385 e. The molecule has 0 aromatic carbocycles. The van der Waals surface area contributed by atoms with Crippen molar-refractivity contribution in [1.29, 1.82) is 0 Å². The number of hydrogen-bond donors (Lipinski definition) is 1. The maximum absolute atomic E-state index is 5.58. The van der Waals surface area contributed by atoms with Crippen LogP contribution in [0.1, 0.15) is 30.3 Å². The Balaban J connectivity index is 1.71. The van der Waals surface area contributed by atoms with Crippen molar-refractivity contribution in [3.05, 3.63) is 22.8 Å². The summed E-state index contributed by atoms with van der Waals surface area (Å²) < 4.78 is 10.2. The van der Waals surface area contributed by atoms with E-state index in [0.29, 0.717) is 11.0 Å². The molecule has 2 N–H and O–H groups in total. The smallest absolute Gasteiger partial charge is 0.226 e. The molecular weight excluding hydrogens is 264 g/mol. The lowest BCUT2D eigenvalue weighted by Gasteiger charge is -1.94. The molecular formula is C12H18N4O2S. The minimum atomic E-state index is 0.619. The normalized spacial score (nSPS) is 11.0. The number of aromatic nitrogens is 3. The fraction of sp³-hybridized carbons (Fsp3) is 0.583. The summed E-state index contributed by atoms with van der Waals surface area (Å²) in [7, 11) is 1.69. The second-order valence-corrected chi connectivity index (χ2v) is 5.12. The van der Waals surface area contributed by atoms with Crippen LogP contribution in [0.5, 0.6) is 0 Å². The first-order valence-electron chi connectivity index (χ1n) is 6.28. The molecule has 6 nitrogen and oxygen atoms in total. The number of methoxy groups -OCH3 is 1. The van der Waals surface area contributed by atoms with Gasteiger partial charge >= 0.3 is 0 Å². The molecule has 0 radical (unpaired) electrons. The van der Waals surface area contributed by atoms with Gasteiger partial charge in [0.05, 0.1) is 5.69 Å². The quantitative estimate of drug-likeness (QED) is 0.744. The molecule has 0 aliphatic rings. The van der Waals surface area contributed by atoms with E-state index >= 15 is 0 Å². The van der Waals surface area contributed by atoms with Gasteiger partial charge in [-0.05, 0) is 19.3 Å². The van der Waals surface area contributed by atoms with Crippen LogP contribution in [0, 0.1) is 0 Å². The van der Waals surface area contributed by atoms with Crippen LogP contribution in [0.25, 0.3) is 0 Å². The number of nitrogen functional groups attached to an aromatic ring is 1. The van der Waals surface area contributed by atoms with Crippen LogP contribution in [0.2, 0.25) is 0 Å². The van der Waals surface area contributed by atoms with Crippen LogP contribution in [0.3, 0.4) is 0 Å². The Morgan fingerprint density at radius 2 is 2.16 bits per heavy atom. The lowest BCUT2D eigenvalue weighted by atomic mass is 10.2. The first-order valence-corrected chi connectivity index (χ1v) is 7.16. The van der Waals surface area contributed by atoms with Crippen molar-refractivity contribution < 1.29 is 9.26 Å². The Hall–Kier alpha value is -1.47. The molecule has 0 amide bonds. The summed E-state index contributed by atoms with van der Waals surface area (Å²) in [4.78, 5) is 8.56. The Morgan fingerprint density at radius 1 is 1.26 bits per heavy atom. The fourth-order valence-electron chi connectivity index (χ4n) is 1.73. The first kappa shape index (κ1) is 14.0. The number of ether oxygens (including phenoxy) is 1. The number of thiazole rings is 1. The summed E-state index contributed by atoms with van der Waals surface area (Å²) in [6, 6.07) is 0.